The highest BCUT2D eigenvalue weighted by molar-refractivity contribution is 7.53. The summed E-state index contributed by atoms with van der Waals surface area (Å²) in [6, 6.07) is 10.1. The number of hydrogen-bond donors (Lipinski definition) is 1. The third-order valence-corrected chi connectivity index (χ3v) is 9.73. The fraction of sp³-hybridized carbons (Fsp3) is 0.676. The van der Waals surface area contributed by atoms with Gasteiger partial charge in [-0.25, -0.2) is 4.79 Å². The van der Waals surface area contributed by atoms with E-state index in [0.717, 1.165) is 57.8 Å². The van der Waals surface area contributed by atoms with Crippen LogP contribution in [0.5, 0.6) is 0 Å². The molecule has 50 heavy (non-hydrogen) atoms. The Kier molecular flexibility index (Phi) is 18.0. The van der Waals surface area contributed by atoms with Gasteiger partial charge in [-0.05, 0) is 43.9 Å². The van der Waals surface area contributed by atoms with Gasteiger partial charge in [-0.3, -0.25) is 13.9 Å². The van der Waals surface area contributed by atoms with Crippen molar-refractivity contribution >= 4 is 19.3 Å². The largest absolute Gasteiger partial charge is 0.453 e. The molecule has 1 unspecified atom stereocenters. The second kappa shape index (κ2) is 21.6. The number of nitrogens with zero attached hydrogens (tertiary/aromatic N) is 2. The molecule has 1 aliphatic rings. The molecule has 3 rings (SSSR count). The molecular weight excluding hydrogens is 688 g/mol. The van der Waals surface area contributed by atoms with E-state index >= 15 is 0 Å². The zero-order valence-corrected chi connectivity index (χ0v) is 29.2. The van der Waals surface area contributed by atoms with E-state index in [2.05, 4.69) is 10.3 Å². The fourth-order valence-corrected chi connectivity index (χ4v) is 6.61. The van der Waals surface area contributed by atoms with Crippen LogP contribution in [0.3, 0.4) is 0 Å². The van der Waals surface area contributed by atoms with Gasteiger partial charge in [-0.1, -0.05) is 76.0 Å². The first-order chi connectivity index (χ1) is 23.9. The molecule has 2 aromatic rings. The number of carbonyl (C=O) groups excluding carboxylic acids is 1. The Morgan fingerprint density at radius 2 is 1.44 bits per heavy atom. The highest BCUT2D eigenvalue weighted by Crippen LogP contribution is 2.51. The summed E-state index contributed by atoms with van der Waals surface area (Å²) in [6.07, 6.45) is 4.72. The van der Waals surface area contributed by atoms with Gasteiger partial charge in [0.05, 0.1) is 19.8 Å². The quantitative estimate of drug-likeness (QED) is 0.0646. The number of anilines is 1. The highest BCUT2D eigenvalue weighted by Gasteiger charge is 2.56. The zero-order valence-electron chi connectivity index (χ0n) is 28.4. The number of amides is 1. The van der Waals surface area contributed by atoms with E-state index in [-0.39, 0.29) is 37.6 Å². The summed E-state index contributed by atoms with van der Waals surface area (Å²) in [5.41, 5.74) is -0.122. The maximum Gasteiger partial charge on any atom is 0.453 e. The molecule has 1 saturated heterocycles. The predicted molar refractivity (Wildman–Crippen MR) is 179 cm³/mol. The molecule has 16 heteroatoms. The second-order valence-electron chi connectivity index (χ2n) is 12.4. The normalized spacial score (nSPS) is 18.3. The van der Waals surface area contributed by atoms with Crippen LogP contribution in [0.2, 0.25) is 0 Å². The van der Waals surface area contributed by atoms with Crippen molar-refractivity contribution in [3.8, 4) is 0 Å². The van der Waals surface area contributed by atoms with Gasteiger partial charge in [-0.15, -0.1) is 0 Å². The first-order valence-electron chi connectivity index (χ1n) is 17.3. The van der Waals surface area contributed by atoms with Crippen LogP contribution < -0.4 is 11.0 Å². The van der Waals surface area contributed by atoms with Crippen LogP contribution in [-0.2, 0) is 29.6 Å². The Hall–Kier alpha value is -2.71. The maximum absolute atomic E-state index is 12.8. The number of carbonyl (C=O) groups is 1. The van der Waals surface area contributed by atoms with Crippen LogP contribution in [-0.4, -0.2) is 66.4 Å². The minimum atomic E-state index is -5.47. The van der Waals surface area contributed by atoms with Crippen LogP contribution in [0.4, 0.5) is 27.8 Å². The Bertz CT molecular complexity index is 1370. The van der Waals surface area contributed by atoms with Crippen molar-refractivity contribution in [3.05, 3.63) is 58.6 Å². The van der Waals surface area contributed by atoms with E-state index in [0.29, 0.717) is 44.6 Å². The van der Waals surface area contributed by atoms with Crippen molar-refractivity contribution in [2.75, 3.05) is 38.1 Å². The molecule has 0 bridgehead atoms. The molecule has 1 aromatic carbocycles. The van der Waals surface area contributed by atoms with Crippen molar-refractivity contribution in [1.29, 1.82) is 0 Å². The van der Waals surface area contributed by atoms with Gasteiger partial charge >= 0.3 is 25.4 Å². The molecule has 1 aromatic heterocycles. The van der Waals surface area contributed by atoms with Gasteiger partial charge in [0, 0.05) is 31.4 Å². The molecule has 0 radical (unpaired) electrons. The summed E-state index contributed by atoms with van der Waals surface area (Å²) in [5, 5.41) is 2.60. The number of rotatable bonds is 24. The monoisotopic (exact) mass is 737 g/mol. The minimum absolute atomic E-state index is 0.00501. The molecule has 0 spiro atoms. The number of benzene rings is 1. The van der Waals surface area contributed by atoms with Crippen molar-refractivity contribution in [1.82, 2.24) is 9.55 Å². The van der Waals surface area contributed by atoms with E-state index in [4.69, 9.17) is 18.5 Å². The average Bonchev–Trinajstić information content (AvgIpc) is 3.08. The molecule has 1 aliphatic heterocycles. The lowest BCUT2D eigenvalue weighted by Gasteiger charge is -2.29. The summed E-state index contributed by atoms with van der Waals surface area (Å²) in [7, 11) is -3.36. The predicted octanol–water partition coefficient (Wildman–Crippen LogP) is 8.75. The van der Waals surface area contributed by atoms with E-state index < -0.39 is 37.9 Å². The number of unbranched alkanes of at least 4 members (excludes halogenated alkanes) is 11. The smallest absolute Gasteiger partial charge is 0.381 e. The van der Waals surface area contributed by atoms with Gasteiger partial charge in [0.1, 0.15) is 18.3 Å². The van der Waals surface area contributed by atoms with Crippen molar-refractivity contribution in [3.63, 3.8) is 0 Å². The maximum atomic E-state index is 12.8. The molecule has 10 nitrogen and oxygen atoms in total. The number of halogens is 5. The first-order valence-corrected chi connectivity index (χ1v) is 19.1. The fourth-order valence-electron chi connectivity index (χ4n) is 5.19. The lowest BCUT2D eigenvalue weighted by molar-refractivity contribution is -0.284. The van der Waals surface area contributed by atoms with E-state index in [1.807, 2.05) is 0 Å². The van der Waals surface area contributed by atoms with Crippen LogP contribution in [0.25, 0.3) is 0 Å². The summed E-state index contributed by atoms with van der Waals surface area (Å²) >= 11 is 0. The summed E-state index contributed by atoms with van der Waals surface area (Å²) in [5.74, 6) is -4.85. The number of ether oxygens (including phenoxy) is 2. The van der Waals surface area contributed by atoms with Gasteiger partial charge in [0.2, 0.25) is 0 Å². The van der Waals surface area contributed by atoms with Gasteiger partial charge < -0.3 is 23.8 Å². The molecule has 1 N–H and O–H groups in total. The molecule has 282 valence electrons. The Balaban J connectivity index is 1.11. The van der Waals surface area contributed by atoms with Gasteiger partial charge in [0.15, 0.2) is 0 Å². The average molecular weight is 738 g/mol. The summed E-state index contributed by atoms with van der Waals surface area (Å²) in [6.45, 7) is 1.56. The molecule has 2 atom stereocenters. The lowest BCUT2D eigenvalue weighted by Crippen LogP contribution is -2.36. The minimum Gasteiger partial charge on any atom is -0.381 e. The molecule has 1 amide bonds. The van der Waals surface area contributed by atoms with Crippen LogP contribution >= 0.6 is 7.60 Å². The molecule has 1 fully saturated rings. The van der Waals surface area contributed by atoms with Crippen LogP contribution in [0.1, 0.15) is 100 Å². The first kappa shape index (κ1) is 41.7. The Morgan fingerprint density at radius 1 is 0.860 bits per heavy atom. The number of hydrogen-bond acceptors (Lipinski definition) is 8. The van der Waals surface area contributed by atoms with Gasteiger partial charge in [0.25, 0.3) is 5.91 Å². The molecule has 0 aliphatic carbocycles. The van der Waals surface area contributed by atoms with Crippen molar-refractivity contribution < 1.29 is 49.8 Å². The highest BCUT2D eigenvalue weighted by atomic mass is 31.2. The molecule has 2 heterocycles. The standard InChI is InChI=1S/C34H49F5N3O7P/c35-33(36,34(37,38)39)20-13-6-9-15-23-46-22-14-7-4-2-1-3-5-8-16-24-48-50(45)27-47-29(26-49-50)25-42-21-19-30(41-32(42)44)40-31(43)28-17-11-10-12-18-28/h10-12,17-19,21,29H,1-9,13-16,20,22-27H2,(H,40,41,43,44)/t29-,50?/m0/s1. The van der Waals surface area contributed by atoms with Gasteiger partial charge in [-0.2, -0.15) is 26.9 Å². The Labute approximate surface area is 290 Å². The third kappa shape index (κ3) is 15.7. The summed E-state index contributed by atoms with van der Waals surface area (Å²) in [4.78, 5) is 28.7. The number of alkyl halides is 5. The topological polar surface area (TPSA) is 118 Å². The van der Waals surface area contributed by atoms with E-state index in [1.165, 1.54) is 16.8 Å². The number of aromatic nitrogens is 2. The van der Waals surface area contributed by atoms with Crippen LogP contribution in [0.15, 0.2) is 47.4 Å². The van der Waals surface area contributed by atoms with E-state index in [1.54, 1.807) is 30.3 Å². The molecular formula is C34H49F5N3O7P. The van der Waals surface area contributed by atoms with E-state index in [9.17, 15) is 36.1 Å². The second-order valence-corrected chi connectivity index (χ2v) is 14.4. The van der Waals surface area contributed by atoms with Crippen molar-refractivity contribution in [2.45, 2.75) is 115 Å². The van der Waals surface area contributed by atoms with Crippen molar-refractivity contribution in [2.24, 2.45) is 0 Å². The van der Waals surface area contributed by atoms with Crippen LogP contribution in [0, 0.1) is 0 Å². The number of nitrogens with one attached hydrogen (secondary N) is 1. The molecule has 0 saturated carbocycles. The lowest BCUT2D eigenvalue weighted by atomic mass is 10.1. The SMILES string of the molecule is O=C(Nc1ccn(C[C@H]2COP(=O)(OCCCCCCCCCCCOCCCCCCC(F)(F)C(F)(F)F)CO2)c(=O)n1)c1ccccc1. The Morgan fingerprint density at radius 3 is 2.00 bits per heavy atom. The third-order valence-electron chi connectivity index (χ3n) is 8.14. The zero-order chi connectivity index (χ0) is 36.3. The summed E-state index contributed by atoms with van der Waals surface area (Å²) < 4.78 is 98.5.